The number of nitrogens with one attached hydrogen (secondary N) is 1. The largest absolute Gasteiger partial charge is 0.324 e. The molecule has 0 atom stereocenters. The number of sulfonamides is 1. The van der Waals surface area contributed by atoms with Gasteiger partial charge in [-0.25, -0.2) is 8.42 Å². The van der Waals surface area contributed by atoms with Crippen molar-refractivity contribution in [3.05, 3.63) is 66.2 Å². The van der Waals surface area contributed by atoms with Crippen molar-refractivity contribution in [2.75, 3.05) is 16.2 Å². The minimum Gasteiger partial charge on any atom is -0.324 e. The minimum atomic E-state index is -3.74. The van der Waals surface area contributed by atoms with E-state index in [0.717, 1.165) is 10.9 Å². The summed E-state index contributed by atoms with van der Waals surface area (Å²) in [5, 5.41) is 4.40. The number of hydrogen-bond donors (Lipinski definition) is 1. The van der Waals surface area contributed by atoms with Crippen LogP contribution in [0, 0.1) is 0 Å². The highest BCUT2D eigenvalue weighted by Gasteiger charge is 2.36. The molecule has 0 radical (unpaired) electrons. The predicted octanol–water partition coefficient (Wildman–Crippen LogP) is 4.11. The highest BCUT2D eigenvalue weighted by Crippen LogP contribution is 2.41. The summed E-state index contributed by atoms with van der Waals surface area (Å²) in [6, 6.07) is 18.2. The molecule has 3 aromatic rings. The van der Waals surface area contributed by atoms with Crippen LogP contribution in [0.25, 0.3) is 10.8 Å². The number of nitrogens with zero attached hydrogens (tertiary/aromatic N) is 1. The third kappa shape index (κ3) is 2.86. The maximum Gasteiger partial charge on any atom is 0.265 e. The van der Waals surface area contributed by atoms with E-state index in [4.69, 9.17) is 0 Å². The Bertz CT molecular complexity index is 1150. The molecule has 4 rings (SSSR count). The first-order valence-electron chi connectivity index (χ1n) is 8.83. The number of carbonyl (C=O) groups is 1. The summed E-state index contributed by atoms with van der Waals surface area (Å²) in [4.78, 5) is 12.9. The Morgan fingerprint density at radius 1 is 1.00 bits per heavy atom. The zero-order valence-electron chi connectivity index (χ0n) is 15.1. The Hall–Kier alpha value is -2.86. The average molecular weight is 380 g/mol. The molecule has 0 spiro atoms. The molecular weight excluding hydrogens is 360 g/mol. The summed E-state index contributed by atoms with van der Waals surface area (Å²) in [6.45, 7) is 3.84. The van der Waals surface area contributed by atoms with Crippen LogP contribution in [0.4, 0.5) is 11.4 Å². The van der Waals surface area contributed by atoms with E-state index in [0.29, 0.717) is 16.8 Å². The number of benzene rings is 3. The third-order valence-electron chi connectivity index (χ3n) is 4.83. The molecule has 0 unspecified atom stereocenters. The SMILES string of the molecule is CC(C)c1ccccc1NC(=O)CN1c2cccc3cccc(c23)S1(=O)=O. The van der Waals surface area contributed by atoms with Gasteiger partial charge in [0.15, 0.2) is 0 Å². The van der Waals surface area contributed by atoms with Gasteiger partial charge in [0, 0.05) is 11.1 Å². The Kier molecular flexibility index (Phi) is 4.15. The topological polar surface area (TPSA) is 66.5 Å². The normalized spacial score (nSPS) is 14.7. The molecule has 1 amide bonds. The number of para-hydroxylation sites is 1. The Labute approximate surface area is 158 Å². The molecule has 0 bridgehead atoms. The molecule has 1 heterocycles. The molecule has 5 nitrogen and oxygen atoms in total. The monoisotopic (exact) mass is 380 g/mol. The molecule has 6 heteroatoms. The van der Waals surface area contributed by atoms with E-state index in [9.17, 15) is 13.2 Å². The molecule has 0 aliphatic carbocycles. The Morgan fingerprint density at radius 3 is 2.44 bits per heavy atom. The van der Waals surface area contributed by atoms with Crippen LogP contribution < -0.4 is 9.62 Å². The zero-order chi connectivity index (χ0) is 19.2. The Morgan fingerprint density at radius 2 is 1.70 bits per heavy atom. The van der Waals surface area contributed by atoms with Gasteiger partial charge in [-0.1, -0.05) is 56.3 Å². The fourth-order valence-corrected chi connectivity index (χ4v) is 5.23. The molecule has 0 fully saturated rings. The van der Waals surface area contributed by atoms with Crippen molar-refractivity contribution >= 4 is 38.1 Å². The highest BCUT2D eigenvalue weighted by atomic mass is 32.2. The van der Waals surface area contributed by atoms with Crippen molar-refractivity contribution in [2.45, 2.75) is 24.7 Å². The second-order valence-corrected chi connectivity index (χ2v) is 8.76. The van der Waals surface area contributed by atoms with Gasteiger partial charge < -0.3 is 5.32 Å². The van der Waals surface area contributed by atoms with E-state index in [-0.39, 0.29) is 23.3 Å². The van der Waals surface area contributed by atoms with Gasteiger partial charge in [-0.3, -0.25) is 9.10 Å². The molecule has 27 heavy (non-hydrogen) atoms. The quantitative estimate of drug-likeness (QED) is 0.741. The highest BCUT2D eigenvalue weighted by molar-refractivity contribution is 7.93. The number of amides is 1. The smallest absolute Gasteiger partial charge is 0.265 e. The lowest BCUT2D eigenvalue weighted by Gasteiger charge is -2.19. The van der Waals surface area contributed by atoms with E-state index in [1.165, 1.54) is 4.31 Å². The third-order valence-corrected chi connectivity index (χ3v) is 6.63. The molecule has 0 saturated heterocycles. The van der Waals surface area contributed by atoms with Crippen molar-refractivity contribution in [3.8, 4) is 0 Å². The zero-order valence-corrected chi connectivity index (χ0v) is 16.0. The van der Waals surface area contributed by atoms with Gasteiger partial charge in [0.05, 0.1) is 10.6 Å². The first-order valence-corrected chi connectivity index (χ1v) is 10.3. The molecule has 1 N–H and O–H groups in total. The van der Waals surface area contributed by atoms with E-state index >= 15 is 0 Å². The standard InChI is InChI=1S/C21H20N2O3S/c1-14(2)16-9-3-4-10-17(16)22-20(24)13-23-18-11-5-7-15-8-6-12-19(21(15)18)27(23,25)26/h3-12,14H,13H2,1-2H3,(H,22,24). The van der Waals surface area contributed by atoms with Crippen LogP contribution in [0.5, 0.6) is 0 Å². The van der Waals surface area contributed by atoms with E-state index in [2.05, 4.69) is 5.32 Å². The number of hydrogen-bond acceptors (Lipinski definition) is 3. The van der Waals surface area contributed by atoms with E-state index < -0.39 is 10.0 Å². The van der Waals surface area contributed by atoms with Gasteiger partial charge >= 0.3 is 0 Å². The number of carbonyl (C=O) groups excluding carboxylic acids is 1. The van der Waals surface area contributed by atoms with Crippen LogP contribution in [0.3, 0.4) is 0 Å². The van der Waals surface area contributed by atoms with Gasteiger partial charge in [0.25, 0.3) is 10.0 Å². The lowest BCUT2D eigenvalue weighted by molar-refractivity contribution is -0.114. The van der Waals surface area contributed by atoms with Gasteiger partial charge in [0.2, 0.25) is 5.91 Å². The first-order chi connectivity index (χ1) is 12.9. The number of rotatable bonds is 4. The van der Waals surface area contributed by atoms with E-state index in [1.54, 1.807) is 24.3 Å². The van der Waals surface area contributed by atoms with Crippen LogP contribution in [-0.4, -0.2) is 20.9 Å². The molecule has 3 aromatic carbocycles. The second-order valence-electron chi connectivity index (χ2n) is 6.93. The number of anilines is 2. The first kappa shape index (κ1) is 17.5. The predicted molar refractivity (Wildman–Crippen MR) is 108 cm³/mol. The van der Waals surface area contributed by atoms with Crippen molar-refractivity contribution in [1.82, 2.24) is 0 Å². The van der Waals surface area contributed by atoms with E-state index in [1.807, 2.05) is 50.2 Å². The molecule has 0 saturated carbocycles. The lowest BCUT2D eigenvalue weighted by atomic mass is 10.0. The summed E-state index contributed by atoms with van der Waals surface area (Å²) in [5.74, 6) is -0.119. The Balaban J connectivity index is 1.66. The van der Waals surface area contributed by atoms with Crippen molar-refractivity contribution < 1.29 is 13.2 Å². The average Bonchev–Trinajstić information content (AvgIpc) is 2.85. The fourth-order valence-electron chi connectivity index (χ4n) is 3.56. The summed E-state index contributed by atoms with van der Waals surface area (Å²) in [7, 11) is -3.74. The molecular formula is C21H20N2O3S. The second kappa shape index (κ2) is 6.39. The molecule has 1 aliphatic heterocycles. The van der Waals surface area contributed by atoms with Gasteiger partial charge in [-0.05, 0) is 35.1 Å². The van der Waals surface area contributed by atoms with Crippen LogP contribution in [0.15, 0.2) is 65.6 Å². The van der Waals surface area contributed by atoms with Crippen molar-refractivity contribution in [2.24, 2.45) is 0 Å². The fraction of sp³-hybridized carbons (Fsp3) is 0.190. The maximum atomic E-state index is 13.0. The van der Waals surface area contributed by atoms with Crippen LogP contribution in [0.1, 0.15) is 25.3 Å². The summed E-state index contributed by atoms with van der Waals surface area (Å²) >= 11 is 0. The summed E-state index contributed by atoms with van der Waals surface area (Å²) in [5.41, 5.74) is 2.28. The molecule has 138 valence electrons. The molecule has 0 aromatic heterocycles. The molecule has 1 aliphatic rings. The van der Waals surface area contributed by atoms with Crippen molar-refractivity contribution in [3.63, 3.8) is 0 Å². The lowest BCUT2D eigenvalue weighted by Crippen LogP contribution is -2.35. The van der Waals surface area contributed by atoms with Crippen LogP contribution >= 0.6 is 0 Å². The van der Waals surface area contributed by atoms with Gasteiger partial charge in [0.1, 0.15) is 6.54 Å². The summed E-state index contributed by atoms with van der Waals surface area (Å²) < 4.78 is 27.1. The summed E-state index contributed by atoms with van der Waals surface area (Å²) in [6.07, 6.45) is 0. The maximum absolute atomic E-state index is 13.0. The van der Waals surface area contributed by atoms with Crippen LogP contribution in [0.2, 0.25) is 0 Å². The minimum absolute atomic E-state index is 0.245. The van der Waals surface area contributed by atoms with Crippen LogP contribution in [-0.2, 0) is 14.8 Å². The van der Waals surface area contributed by atoms with Crippen molar-refractivity contribution in [1.29, 1.82) is 0 Å². The van der Waals surface area contributed by atoms with Gasteiger partial charge in [-0.2, -0.15) is 0 Å². The van der Waals surface area contributed by atoms with Gasteiger partial charge in [-0.15, -0.1) is 0 Å².